The van der Waals surface area contributed by atoms with E-state index in [1.165, 1.54) is 4.90 Å². The van der Waals surface area contributed by atoms with Crippen LogP contribution in [-0.2, 0) is 4.79 Å². The quantitative estimate of drug-likeness (QED) is 0.766. The van der Waals surface area contributed by atoms with Gasteiger partial charge in [0.2, 0.25) is 5.91 Å². The number of alkyl halides is 1. The molecule has 2 N–H and O–H groups in total. The second-order valence-corrected chi connectivity index (χ2v) is 5.76. The van der Waals surface area contributed by atoms with Crippen molar-refractivity contribution in [3.63, 3.8) is 0 Å². The monoisotopic (exact) mass is 305 g/mol. The number of halogens is 2. The van der Waals surface area contributed by atoms with Crippen LogP contribution in [0.4, 0.5) is 9.18 Å². The highest BCUT2D eigenvalue weighted by Crippen LogP contribution is 2.32. The maximum atomic E-state index is 13.5. The van der Waals surface area contributed by atoms with Crippen molar-refractivity contribution < 1.29 is 14.0 Å². The van der Waals surface area contributed by atoms with E-state index in [-0.39, 0.29) is 48.8 Å². The molecule has 0 aromatic carbocycles. The zero-order chi connectivity index (χ0) is 13.4. The maximum absolute atomic E-state index is 13.5. The van der Waals surface area contributed by atoms with Crippen molar-refractivity contribution in [3.05, 3.63) is 0 Å². The van der Waals surface area contributed by atoms with Crippen LogP contribution in [0, 0.1) is 5.92 Å². The molecule has 5 nitrogen and oxygen atoms in total. The van der Waals surface area contributed by atoms with Gasteiger partial charge in [-0.2, -0.15) is 0 Å². The predicted molar refractivity (Wildman–Crippen MR) is 74.5 cm³/mol. The second kappa shape index (κ2) is 6.26. The Kier molecular flexibility index (Phi) is 4.86. The first-order valence-corrected chi connectivity index (χ1v) is 7.15. The summed E-state index contributed by atoms with van der Waals surface area (Å²) in [6.45, 7) is 1.64. The van der Waals surface area contributed by atoms with Crippen LogP contribution in [0.2, 0.25) is 0 Å². The molecule has 0 radical (unpaired) electrons. The summed E-state index contributed by atoms with van der Waals surface area (Å²) in [5.74, 6) is -0.528. The normalized spacial score (nSPS) is 35.0. The lowest BCUT2D eigenvalue weighted by atomic mass is 9.80. The minimum absolute atomic E-state index is 0. The molecule has 0 aromatic rings. The Balaban J connectivity index is 0.00000147. The summed E-state index contributed by atoms with van der Waals surface area (Å²) in [4.78, 5) is 26.0. The largest absolute Gasteiger partial charge is 0.334 e. The molecule has 20 heavy (non-hydrogen) atoms. The molecule has 3 amide bonds. The van der Waals surface area contributed by atoms with E-state index in [0.717, 1.165) is 25.9 Å². The molecule has 3 unspecified atom stereocenters. The van der Waals surface area contributed by atoms with Crippen LogP contribution in [0.1, 0.15) is 32.1 Å². The van der Waals surface area contributed by atoms with Crippen molar-refractivity contribution in [2.45, 2.75) is 50.4 Å². The van der Waals surface area contributed by atoms with Gasteiger partial charge in [0.1, 0.15) is 6.17 Å². The van der Waals surface area contributed by atoms with E-state index in [9.17, 15) is 14.0 Å². The molecule has 2 heterocycles. The van der Waals surface area contributed by atoms with Crippen molar-refractivity contribution in [2.24, 2.45) is 5.92 Å². The van der Waals surface area contributed by atoms with E-state index in [1.54, 1.807) is 0 Å². The van der Waals surface area contributed by atoms with Gasteiger partial charge in [0, 0.05) is 12.1 Å². The summed E-state index contributed by atoms with van der Waals surface area (Å²) in [7, 11) is 0. The topological polar surface area (TPSA) is 61.4 Å². The highest BCUT2D eigenvalue weighted by molar-refractivity contribution is 5.99. The molecule has 0 bridgehead atoms. The van der Waals surface area contributed by atoms with E-state index in [2.05, 4.69) is 10.6 Å². The van der Waals surface area contributed by atoms with Crippen molar-refractivity contribution >= 4 is 24.3 Å². The average Bonchev–Trinajstić information content (AvgIpc) is 2.41. The minimum Gasteiger partial charge on any atom is -0.334 e. The number of nitrogens with zero attached hydrogens (tertiary/aromatic N) is 1. The number of carbonyl (C=O) groups is 2. The fourth-order valence-electron chi connectivity index (χ4n) is 3.48. The van der Waals surface area contributed by atoms with Crippen LogP contribution in [0.25, 0.3) is 0 Å². The molecule has 1 saturated carbocycles. The molecule has 7 heteroatoms. The number of hydrogen-bond donors (Lipinski definition) is 2. The van der Waals surface area contributed by atoms with Gasteiger partial charge in [-0.15, -0.1) is 12.4 Å². The Morgan fingerprint density at radius 3 is 2.50 bits per heavy atom. The molecule has 2 saturated heterocycles. The summed E-state index contributed by atoms with van der Waals surface area (Å²) in [5.41, 5.74) is 0. The van der Waals surface area contributed by atoms with Gasteiger partial charge in [0.25, 0.3) is 0 Å². The minimum atomic E-state index is -0.907. The number of carbonyl (C=O) groups excluding carboxylic acids is 2. The third-order valence-electron chi connectivity index (χ3n) is 4.54. The van der Waals surface area contributed by atoms with Gasteiger partial charge in [-0.3, -0.25) is 9.69 Å². The molecule has 114 valence electrons. The SMILES string of the molecule is Cl.O=C1NC2CCC(F)CC2C(=O)N1C1CCNCC1. The predicted octanol–water partition coefficient (Wildman–Crippen LogP) is 1.22. The van der Waals surface area contributed by atoms with Crippen molar-refractivity contribution in [2.75, 3.05) is 13.1 Å². The number of urea groups is 1. The van der Waals surface area contributed by atoms with E-state index in [0.29, 0.717) is 12.8 Å². The smallest absolute Gasteiger partial charge is 0.324 e. The van der Waals surface area contributed by atoms with Gasteiger partial charge in [-0.25, -0.2) is 9.18 Å². The van der Waals surface area contributed by atoms with Crippen molar-refractivity contribution in [3.8, 4) is 0 Å². The lowest BCUT2D eigenvalue weighted by Crippen LogP contribution is -2.64. The first kappa shape index (κ1) is 15.5. The van der Waals surface area contributed by atoms with E-state index < -0.39 is 6.17 Å². The van der Waals surface area contributed by atoms with E-state index >= 15 is 0 Å². The molecule has 0 spiro atoms. The summed E-state index contributed by atoms with van der Waals surface area (Å²) in [5, 5.41) is 6.11. The summed E-state index contributed by atoms with van der Waals surface area (Å²) >= 11 is 0. The molecule has 3 rings (SSSR count). The molecule has 3 fully saturated rings. The third-order valence-corrected chi connectivity index (χ3v) is 4.54. The van der Waals surface area contributed by atoms with E-state index in [4.69, 9.17) is 0 Å². The molecular weight excluding hydrogens is 285 g/mol. The third kappa shape index (κ3) is 2.76. The van der Waals surface area contributed by atoms with Crippen LogP contribution < -0.4 is 10.6 Å². The summed E-state index contributed by atoms with van der Waals surface area (Å²) in [6, 6.07) is -0.477. The number of imide groups is 1. The first-order valence-electron chi connectivity index (χ1n) is 7.15. The van der Waals surface area contributed by atoms with Crippen molar-refractivity contribution in [1.82, 2.24) is 15.5 Å². The van der Waals surface area contributed by atoms with Gasteiger partial charge < -0.3 is 10.6 Å². The number of rotatable bonds is 1. The molecular formula is C13H21ClFN3O2. The maximum Gasteiger partial charge on any atom is 0.324 e. The number of fused-ring (bicyclic) bond motifs is 1. The Hall–Kier alpha value is -0.880. The number of hydrogen-bond acceptors (Lipinski definition) is 3. The molecule has 3 atom stereocenters. The molecule has 1 aliphatic carbocycles. The number of nitrogens with one attached hydrogen (secondary N) is 2. The highest BCUT2D eigenvalue weighted by Gasteiger charge is 2.46. The average molecular weight is 306 g/mol. The zero-order valence-electron chi connectivity index (χ0n) is 11.3. The van der Waals surface area contributed by atoms with Crippen LogP contribution in [0.15, 0.2) is 0 Å². The van der Waals surface area contributed by atoms with Gasteiger partial charge in [0.05, 0.1) is 5.92 Å². The number of amides is 3. The van der Waals surface area contributed by atoms with Crippen LogP contribution >= 0.6 is 12.4 Å². The fourth-order valence-corrected chi connectivity index (χ4v) is 3.48. The van der Waals surface area contributed by atoms with Gasteiger partial charge >= 0.3 is 6.03 Å². The van der Waals surface area contributed by atoms with Gasteiger partial charge in [-0.05, 0) is 45.2 Å². The van der Waals surface area contributed by atoms with E-state index in [1.807, 2.05) is 0 Å². The number of piperidine rings is 1. The van der Waals surface area contributed by atoms with Gasteiger partial charge in [0.15, 0.2) is 0 Å². The van der Waals surface area contributed by atoms with Crippen molar-refractivity contribution in [1.29, 1.82) is 0 Å². The Bertz CT molecular complexity index is 390. The van der Waals surface area contributed by atoms with Crippen LogP contribution in [0.3, 0.4) is 0 Å². The highest BCUT2D eigenvalue weighted by atomic mass is 35.5. The Morgan fingerprint density at radius 1 is 1.10 bits per heavy atom. The fraction of sp³-hybridized carbons (Fsp3) is 0.846. The summed E-state index contributed by atoms with van der Waals surface area (Å²) in [6.07, 6.45) is 1.94. The standard InChI is InChI=1S/C13H20FN3O2.ClH/c14-8-1-2-11-10(7-8)12(18)17(13(19)16-11)9-3-5-15-6-4-9;/h8-11,15H,1-7H2,(H,16,19);1H. The van der Waals surface area contributed by atoms with Crippen LogP contribution in [-0.4, -0.2) is 48.2 Å². The molecule has 0 aromatic heterocycles. The lowest BCUT2D eigenvalue weighted by Gasteiger charge is -2.44. The lowest BCUT2D eigenvalue weighted by molar-refractivity contribution is -0.139. The first-order chi connectivity index (χ1) is 9.16. The molecule has 2 aliphatic heterocycles. The Labute approximate surface area is 124 Å². The summed E-state index contributed by atoms with van der Waals surface area (Å²) < 4.78 is 13.5. The Morgan fingerprint density at radius 2 is 1.80 bits per heavy atom. The van der Waals surface area contributed by atoms with Gasteiger partial charge in [-0.1, -0.05) is 0 Å². The second-order valence-electron chi connectivity index (χ2n) is 5.76. The van der Waals surface area contributed by atoms with Crippen LogP contribution in [0.5, 0.6) is 0 Å². The molecule has 3 aliphatic rings. The zero-order valence-corrected chi connectivity index (χ0v) is 12.1.